The molecule has 174 valence electrons. The van der Waals surface area contributed by atoms with Crippen molar-refractivity contribution in [3.05, 3.63) is 41.0 Å². The second kappa shape index (κ2) is 10.3. The van der Waals surface area contributed by atoms with Gasteiger partial charge < -0.3 is 20.1 Å². The van der Waals surface area contributed by atoms with Crippen molar-refractivity contribution in [1.29, 1.82) is 0 Å². The molecule has 2 aliphatic rings. The molecule has 32 heavy (non-hydrogen) atoms. The highest BCUT2D eigenvalue weighted by Gasteiger charge is 2.48. The fourth-order valence-corrected chi connectivity index (χ4v) is 4.50. The molecule has 2 atom stereocenters. The number of piperidine rings is 1. The van der Waals surface area contributed by atoms with Gasteiger partial charge in [0.05, 0.1) is 11.6 Å². The van der Waals surface area contributed by atoms with Crippen LogP contribution in [0.5, 0.6) is 0 Å². The molecule has 12 heteroatoms. The van der Waals surface area contributed by atoms with E-state index in [1.54, 1.807) is 11.7 Å². The van der Waals surface area contributed by atoms with Gasteiger partial charge in [0.15, 0.2) is 0 Å². The Hall–Kier alpha value is -2.73. The van der Waals surface area contributed by atoms with Crippen LogP contribution < -0.4 is 5.32 Å². The largest absolute Gasteiger partial charge is 0.490 e. The minimum atomic E-state index is -5.08. The second-order valence-electron chi connectivity index (χ2n) is 7.56. The van der Waals surface area contributed by atoms with E-state index in [4.69, 9.17) is 14.6 Å². The zero-order valence-corrected chi connectivity index (χ0v) is 17.9. The number of carbonyl (C=O) groups excluding carboxylic acids is 1. The van der Waals surface area contributed by atoms with Crippen molar-refractivity contribution in [2.75, 3.05) is 31.6 Å². The Labute approximate surface area is 186 Å². The molecule has 0 saturated carbocycles. The normalized spacial score (nSPS) is 22.5. The number of carbonyl (C=O) groups is 2. The van der Waals surface area contributed by atoms with E-state index in [0.717, 1.165) is 51.3 Å². The monoisotopic (exact) mass is 472 g/mol. The lowest BCUT2D eigenvalue weighted by Crippen LogP contribution is -2.52. The van der Waals surface area contributed by atoms with Gasteiger partial charge in [-0.1, -0.05) is 6.07 Å². The van der Waals surface area contributed by atoms with Gasteiger partial charge in [-0.3, -0.25) is 4.79 Å². The number of alkyl halides is 3. The molecule has 4 heterocycles. The summed E-state index contributed by atoms with van der Waals surface area (Å²) in [5.41, 5.74) is 2.31. The number of amides is 1. The highest BCUT2D eigenvalue weighted by molar-refractivity contribution is 7.07. The Morgan fingerprint density at radius 1 is 1.34 bits per heavy atom. The van der Waals surface area contributed by atoms with E-state index in [0.29, 0.717) is 5.69 Å². The van der Waals surface area contributed by atoms with E-state index in [2.05, 4.69) is 15.3 Å². The standard InChI is InChI=1S/C18H22N4O2S.C2HF3O2/c23-17(14-11-25-13-21-14)22-9-4-15-18(12-22,6-10-24-15)5-8-20-16-3-1-2-7-19-16;3-2(4,5)1(6)7/h1-3,7,11,13,15H,4-6,8-10,12H2,(H,19,20);(H,6,7)/t15-,18+;/m1./s1. The maximum atomic E-state index is 12.7. The van der Waals surface area contributed by atoms with Crippen LogP contribution in [0.3, 0.4) is 0 Å². The minimum absolute atomic E-state index is 0.0334. The molecule has 0 unspecified atom stereocenters. The van der Waals surface area contributed by atoms with Crippen LogP contribution in [-0.2, 0) is 9.53 Å². The summed E-state index contributed by atoms with van der Waals surface area (Å²) in [7, 11) is 0. The molecule has 2 saturated heterocycles. The predicted molar refractivity (Wildman–Crippen MR) is 110 cm³/mol. The van der Waals surface area contributed by atoms with Crippen molar-refractivity contribution in [3.63, 3.8) is 0 Å². The molecular formula is C20H23F3N4O4S. The van der Waals surface area contributed by atoms with Crippen molar-refractivity contribution in [2.45, 2.75) is 31.5 Å². The van der Waals surface area contributed by atoms with Crippen molar-refractivity contribution >= 4 is 29.0 Å². The number of carboxylic acid groups (broad SMARTS) is 1. The summed E-state index contributed by atoms with van der Waals surface area (Å²) in [5.74, 6) is -1.82. The first kappa shape index (κ1) is 23.9. The summed E-state index contributed by atoms with van der Waals surface area (Å²) in [5, 5.41) is 12.3. The Morgan fingerprint density at radius 3 is 2.75 bits per heavy atom. The molecular weight excluding hydrogens is 449 g/mol. The molecule has 0 radical (unpaired) electrons. The molecule has 0 aromatic carbocycles. The molecule has 0 spiro atoms. The van der Waals surface area contributed by atoms with Crippen molar-refractivity contribution in [1.82, 2.24) is 14.9 Å². The number of thiazole rings is 1. The predicted octanol–water partition coefficient (Wildman–Crippen LogP) is 3.29. The van der Waals surface area contributed by atoms with Gasteiger partial charge in [0.25, 0.3) is 5.91 Å². The molecule has 8 nitrogen and oxygen atoms in total. The van der Waals surface area contributed by atoms with Gasteiger partial charge in [0.2, 0.25) is 0 Å². The summed E-state index contributed by atoms with van der Waals surface area (Å²) in [4.78, 5) is 32.0. The van der Waals surface area contributed by atoms with Crippen LogP contribution in [0.2, 0.25) is 0 Å². The van der Waals surface area contributed by atoms with Gasteiger partial charge >= 0.3 is 12.1 Å². The van der Waals surface area contributed by atoms with Crippen molar-refractivity contribution < 1.29 is 32.6 Å². The van der Waals surface area contributed by atoms with Gasteiger partial charge in [-0.15, -0.1) is 11.3 Å². The van der Waals surface area contributed by atoms with E-state index in [1.807, 2.05) is 28.5 Å². The summed E-state index contributed by atoms with van der Waals surface area (Å²) >= 11 is 1.46. The number of hydrogen-bond donors (Lipinski definition) is 2. The molecule has 0 bridgehead atoms. The van der Waals surface area contributed by atoms with Crippen LogP contribution in [-0.4, -0.2) is 70.4 Å². The molecule has 1 amide bonds. The topological polar surface area (TPSA) is 105 Å². The highest BCUT2D eigenvalue weighted by Crippen LogP contribution is 2.43. The third-order valence-corrected chi connectivity index (χ3v) is 6.13. The number of aromatic nitrogens is 2. The van der Waals surface area contributed by atoms with Gasteiger partial charge in [-0.2, -0.15) is 13.2 Å². The lowest BCUT2D eigenvalue weighted by molar-refractivity contribution is -0.192. The highest BCUT2D eigenvalue weighted by atomic mass is 32.1. The number of halogens is 3. The Kier molecular flexibility index (Phi) is 7.67. The number of hydrogen-bond acceptors (Lipinski definition) is 7. The maximum Gasteiger partial charge on any atom is 0.490 e. The molecule has 2 aromatic rings. The Balaban J connectivity index is 0.000000360. The second-order valence-corrected chi connectivity index (χ2v) is 8.27. The third-order valence-electron chi connectivity index (χ3n) is 5.54. The van der Waals surface area contributed by atoms with E-state index in [9.17, 15) is 18.0 Å². The number of likely N-dealkylation sites (tertiary alicyclic amines) is 1. The average Bonchev–Trinajstić information content (AvgIpc) is 3.43. The number of aliphatic carboxylic acids is 1. The number of anilines is 1. The Morgan fingerprint density at radius 2 is 2.12 bits per heavy atom. The number of pyridine rings is 1. The fourth-order valence-electron chi connectivity index (χ4n) is 3.97. The summed E-state index contributed by atoms with van der Waals surface area (Å²) in [6.07, 6.45) is -0.175. The smallest absolute Gasteiger partial charge is 0.475 e. The SMILES string of the molecule is O=C(O)C(F)(F)F.O=C(c1cscn1)N1CC[C@H]2OCC[C@@]2(CCNc2ccccn2)C1. The lowest BCUT2D eigenvalue weighted by Gasteiger charge is -2.43. The van der Waals surface area contributed by atoms with Crippen LogP contribution in [0.4, 0.5) is 19.0 Å². The maximum absolute atomic E-state index is 12.7. The van der Waals surface area contributed by atoms with Crippen LogP contribution in [0.15, 0.2) is 35.3 Å². The third kappa shape index (κ3) is 5.94. The minimum Gasteiger partial charge on any atom is -0.475 e. The molecule has 2 N–H and O–H groups in total. The lowest BCUT2D eigenvalue weighted by atomic mass is 9.74. The number of nitrogens with zero attached hydrogens (tertiary/aromatic N) is 3. The summed E-state index contributed by atoms with van der Waals surface area (Å²) in [6.45, 7) is 3.11. The van der Waals surface area contributed by atoms with Gasteiger partial charge in [-0.25, -0.2) is 14.8 Å². The van der Waals surface area contributed by atoms with Gasteiger partial charge in [0, 0.05) is 43.2 Å². The number of nitrogens with one attached hydrogen (secondary N) is 1. The number of rotatable bonds is 5. The van der Waals surface area contributed by atoms with Crippen molar-refractivity contribution in [3.8, 4) is 0 Å². The van der Waals surface area contributed by atoms with Crippen LogP contribution in [0.1, 0.15) is 29.8 Å². The first-order chi connectivity index (χ1) is 15.2. The number of ether oxygens (including phenoxy) is 1. The van der Waals surface area contributed by atoms with Gasteiger partial charge in [-0.05, 0) is 31.4 Å². The van der Waals surface area contributed by atoms with E-state index in [-0.39, 0.29) is 17.4 Å². The molecule has 4 rings (SSSR count). The van der Waals surface area contributed by atoms with Crippen LogP contribution >= 0.6 is 11.3 Å². The number of fused-ring (bicyclic) bond motifs is 1. The van der Waals surface area contributed by atoms with E-state index < -0.39 is 12.1 Å². The molecule has 2 fully saturated rings. The molecule has 2 aromatic heterocycles. The average molecular weight is 472 g/mol. The zero-order chi connectivity index (χ0) is 23.2. The summed E-state index contributed by atoms with van der Waals surface area (Å²) in [6, 6.07) is 5.86. The fraction of sp³-hybridized carbons (Fsp3) is 0.500. The van der Waals surface area contributed by atoms with Crippen LogP contribution in [0.25, 0.3) is 0 Å². The number of carboxylic acids is 1. The quantitative estimate of drug-likeness (QED) is 0.688. The first-order valence-corrected chi connectivity index (χ1v) is 10.9. The molecule has 2 aliphatic heterocycles. The molecule has 0 aliphatic carbocycles. The van der Waals surface area contributed by atoms with E-state index >= 15 is 0 Å². The van der Waals surface area contributed by atoms with E-state index in [1.165, 1.54) is 11.3 Å². The zero-order valence-electron chi connectivity index (χ0n) is 17.0. The first-order valence-electron chi connectivity index (χ1n) is 9.95. The summed E-state index contributed by atoms with van der Waals surface area (Å²) < 4.78 is 37.7. The van der Waals surface area contributed by atoms with Crippen LogP contribution in [0, 0.1) is 5.41 Å². The Bertz CT molecular complexity index is 898. The van der Waals surface area contributed by atoms with Gasteiger partial charge in [0.1, 0.15) is 11.5 Å². The van der Waals surface area contributed by atoms with Crippen molar-refractivity contribution in [2.24, 2.45) is 5.41 Å².